The van der Waals surface area contributed by atoms with Crippen LogP contribution in [0.5, 0.6) is 0 Å². The molecule has 6 nitrogen and oxygen atoms in total. The van der Waals surface area contributed by atoms with Gasteiger partial charge < -0.3 is 19.1 Å². The topological polar surface area (TPSA) is 108 Å². The molecule has 0 atom stereocenters. The first-order valence-electron chi connectivity index (χ1n) is 4.13. The zero-order valence-electron chi connectivity index (χ0n) is 7.98. The summed E-state index contributed by atoms with van der Waals surface area (Å²) < 4.78 is 13.8. The van der Waals surface area contributed by atoms with Crippen molar-refractivity contribution in [1.29, 1.82) is 0 Å². The molecule has 0 radical (unpaired) electrons. The van der Waals surface area contributed by atoms with E-state index >= 15 is 0 Å². The van der Waals surface area contributed by atoms with E-state index in [1.807, 2.05) is 18.2 Å². The number of hydrogen-bond donors (Lipinski definition) is 3. The van der Waals surface area contributed by atoms with Gasteiger partial charge in [0.2, 0.25) is 0 Å². The maximum absolute atomic E-state index is 10.7. The van der Waals surface area contributed by atoms with Crippen LogP contribution in [0, 0.1) is 0 Å². The normalized spacial score (nSPS) is 10.7. The molecule has 7 heteroatoms. The molecule has 2 aromatic rings. The van der Waals surface area contributed by atoms with Crippen molar-refractivity contribution in [3.63, 3.8) is 0 Å². The van der Waals surface area contributed by atoms with Crippen LogP contribution in [0.15, 0.2) is 45.6 Å². The van der Waals surface area contributed by atoms with E-state index in [9.17, 15) is 4.79 Å². The van der Waals surface area contributed by atoms with Crippen LogP contribution < -0.4 is 5.63 Å². The lowest BCUT2D eigenvalue weighted by atomic mass is 10.2. The highest BCUT2D eigenvalue weighted by molar-refractivity contribution is 7.45. The molecule has 1 heterocycles. The molecule has 0 spiro atoms. The molecule has 0 bridgehead atoms. The Balaban J connectivity index is 0.000000221. The first-order valence-corrected chi connectivity index (χ1v) is 5.70. The van der Waals surface area contributed by atoms with Gasteiger partial charge in [-0.05, 0) is 12.1 Å². The first kappa shape index (κ1) is 12.6. The summed E-state index contributed by atoms with van der Waals surface area (Å²) in [7, 11) is -4.64. The predicted molar refractivity (Wildman–Crippen MR) is 56.7 cm³/mol. The summed E-state index contributed by atoms with van der Waals surface area (Å²) in [5.41, 5.74) is 0.337. The quantitative estimate of drug-likeness (QED) is 0.468. The summed E-state index contributed by atoms with van der Waals surface area (Å²) in [5, 5.41) is 0.951. The van der Waals surface area contributed by atoms with Crippen molar-refractivity contribution in [1.82, 2.24) is 0 Å². The Hall–Kier alpha value is -1.46. The molecule has 86 valence electrons. The average molecular weight is 244 g/mol. The molecule has 0 amide bonds. The van der Waals surface area contributed by atoms with Gasteiger partial charge in [0.1, 0.15) is 5.58 Å². The second-order valence-corrected chi connectivity index (χ2v) is 3.83. The molecule has 0 aliphatic heterocycles. The highest BCUT2D eigenvalue weighted by atomic mass is 31.2. The predicted octanol–water partition coefficient (Wildman–Crippen LogP) is 0.864. The highest BCUT2D eigenvalue weighted by Crippen LogP contribution is 2.25. The summed E-state index contributed by atoms with van der Waals surface area (Å²) in [6, 6.07) is 10.6. The standard InChI is InChI=1S/C9H6O2.H3O4P/c10-9-6-5-7-3-1-2-4-8(7)11-9;1-5(2,3)4/h1-6H;(H3,1,2,3,4). The molecule has 2 rings (SSSR count). The third-order valence-electron chi connectivity index (χ3n) is 1.53. The third kappa shape index (κ3) is 4.86. The number of fused-ring (bicyclic) bond motifs is 1. The van der Waals surface area contributed by atoms with Gasteiger partial charge in [-0.2, -0.15) is 0 Å². The van der Waals surface area contributed by atoms with Crippen LogP contribution in [0.4, 0.5) is 0 Å². The van der Waals surface area contributed by atoms with Crippen LogP contribution in [0.3, 0.4) is 0 Å². The second kappa shape index (κ2) is 5.05. The molecule has 16 heavy (non-hydrogen) atoms. The molecular formula is C9H9O6P. The van der Waals surface area contributed by atoms with Gasteiger partial charge in [-0.25, -0.2) is 9.36 Å². The lowest BCUT2D eigenvalue weighted by Gasteiger charge is -1.91. The van der Waals surface area contributed by atoms with Crippen LogP contribution in [-0.4, -0.2) is 14.7 Å². The molecule has 0 saturated carbocycles. The zero-order chi connectivity index (χ0) is 12.2. The third-order valence-corrected chi connectivity index (χ3v) is 1.53. The van der Waals surface area contributed by atoms with E-state index < -0.39 is 7.82 Å². The molecule has 1 aromatic carbocycles. The van der Waals surface area contributed by atoms with Gasteiger partial charge in [0.15, 0.2) is 0 Å². The minimum absolute atomic E-state index is 0.302. The van der Waals surface area contributed by atoms with E-state index in [1.54, 1.807) is 12.1 Å². The minimum Gasteiger partial charge on any atom is -0.423 e. The number of hydrogen-bond acceptors (Lipinski definition) is 3. The summed E-state index contributed by atoms with van der Waals surface area (Å²) in [6.45, 7) is 0. The van der Waals surface area contributed by atoms with Gasteiger partial charge in [-0.3, -0.25) is 0 Å². The maximum Gasteiger partial charge on any atom is 0.466 e. The van der Waals surface area contributed by atoms with E-state index in [0.717, 1.165) is 5.39 Å². The molecule has 0 unspecified atom stereocenters. The highest BCUT2D eigenvalue weighted by Gasteiger charge is 2.00. The van der Waals surface area contributed by atoms with E-state index in [2.05, 4.69) is 0 Å². The minimum atomic E-state index is -4.64. The number of rotatable bonds is 0. The molecule has 1 aromatic heterocycles. The van der Waals surface area contributed by atoms with E-state index in [0.29, 0.717) is 5.58 Å². The van der Waals surface area contributed by atoms with Crippen molar-refractivity contribution < 1.29 is 23.7 Å². The van der Waals surface area contributed by atoms with Crippen LogP contribution in [-0.2, 0) is 4.57 Å². The Morgan fingerprint density at radius 3 is 2.19 bits per heavy atom. The fourth-order valence-electron chi connectivity index (χ4n) is 1.01. The smallest absolute Gasteiger partial charge is 0.423 e. The lowest BCUT2D eigenvalue weighted by Crippen LogP contribution is -1.93. The van der Waals surface area contributed by atoms with Crippen LogP contribution in [0.25, 0.3) is 11.0 Å². The first-order chi connectivity index (χ1) is 7.36. The van der Waals surface area contributed by atoms with Crippen molar-refractivity contribution in [3.05, 3.63) is 46.8 Å². The molecule has 3 N–H and O–H groups in total. The summed E-state index contributed by atoms with van der Waals surface area (Å²) >= 11 is 0. The van der Waals surface area contributed by atoms with Crippen molar-refractivity contribution in [3.8, 4) is 0 Å². The van der Waals surface area contributed by atoms with Crippen LogP contribution in [0.1, 0.15) is 0 Å². The molecule has 0 fully saturated rings. The fraction of sp³-hybridized carbons (Fsp3) is 0. The van der Waals surface area contributed by atoms with Crippen molar-refractivity contribution >= 4 is 18.8 Å². The summed E-state index contributed by atoms with van der Waals surface area (Å²) in [6.07, 6.45) is 0. The Morgan fingerprint density at radius 1 is 1.00 bits per heavy atom. The van der Waals surface area contributed by atoms with E-state index in [1.165, 1.54) is 6.07 Å². The average Bonchev–Trinajstić information content (AvgIpc) is 2.15. The number of phosphoric acid groups is 1. The second-order valence-electron chi connectivity index (χ2n) is 2.81. The number of benzene rings is 1. The van der Waals surface area contributed by atoms with Gasteiger partial charge in [-0.1, -0.05) is 18.2 Å². The number of para-hydroxylation sites is 1. The maximum atomic E-state index is 10.7. The van der Waals surface area contributed by atoms with Gasteiger partial charge in [-0.15, -0.1) is 0 Å². The van der Waals surface area contributed by atoms with Gasteiger partial charge in [0.25, 0.3) is 0 Å². The molecule has 0 saturated heterocycles. The zero-order valence-corrected chi connectivity index (χ0v) is 8.87. The largest absolute Gasteiger partial charge is 0.466 e. The van der Waals surface area contributed by atoms with Gasteiger partial charge >= 0.3 is 13.4 Å². The summed E-state index contributed by atoms with van der Waals surface area (Å²) in [5.74, 6) is 0. The Kier molecular flexibility index (Phi) is 3.98. The SMILES string of the molecule is O=P(O)(O)O.O=c1ccc2ccccc2o1. The molecule has 0 aliphatic rings. The van der Waals surface area contributed by atoms with E-state index in [-0.39, 0.29) is 5.63 Å². The van der Waals surface area contributed by atoms with Gasteiger partial charge in [0.05, 0.1) is 0 Å². The van der Waals surface area contributed by atoms with Gasteiger partial charge in [0, 0.05) is 11.5 Å². The molecule has 0 aliphatic carbocycles. The Morgan fingerprint density at radius 2 is 1.56 bits per heavy atom. The van der Waals surface area contributed by atoms with Crippen molar-refractivity contribution in [2.45, 2.75) is 0 Å². The van der Waals surface area contributed by atoms with Crippen molar-refractivity contribution in [2.75, 3.05) is 0 Å². The lowest BCUT2D eigenvalue weighted by molar-refractivity contribution is 0.275. The summed E-state index contributed by atoms with van der Waals surface area (Å²) in [4.78, 5) is 32.3. The Labute approximate surface area is 90.0 Å². The Bertz CT molecular complexity index is 561. The monoisotopic (exact) mass is 244 g/mol. The van der Waals surface area contributed by atoms with E-state index in [4.69, 9.17) is 23.7 Å². The molecular weight excluding hydrogens is 235 g/mol. The van der Waals surface area contributed by atoms with Crippen molar-refractivity contribution in [2.24, 2.45) is 0 Å². The fourth-order valence-corrected chi connectivity index (χ4v) is 1.01. The van der Waals surface area contributed by atoms with Crippen LogP contribution in [0.2, 0.25) is 0 Å². The van der Waals surface area contributed by atoms with Crippen LogP contribution >= 0.6 is 7.82 Å².